The molecule has 104 valence electrons. The summed E-state index contributed by atoms with van der Waals surface area (Å²) < 4.78 is 6.47. The topological polar surface area (TPSA) is 84.4 Å². The number of hydrogen-bond donors (Lipinski definition) is 1. The molecule has 1 N–H and O–H groups in total. The Morgan fingerprint density at radius 3 is 2.89 bits per heavy atom. The number of aromatic amines is 1. The second-order valence-corrected chi connectivity index (χ2v) is 4.77. The van der Waals surface area contributed by atoms with E-state index >= 15 is 0 Å². The Morgan fingerprint density at radius 2 is 2.16 bits per heavy atom. The summed E-state index contributed by atoms with van der Waals surface area (Å²) >= 11 is 0. The van der Waals surface area contributed by atoms with Crippen molar-refractivity contribution in [2.24, 2.45) is 0 Å². The van der Waals surface area contributed by atoms with Gasteiger partial charge < -0.3 is 9.64 Å². The third-order valence-electron chi connectivity index (χ3n) is 3.11. The maximum absolute atomic E-state index is 12.2. The van der Waals surface area contributed by atoms with Crippen LogP contribution in [0.4, 0.5) is 0 Å². The molecular formula is C12H17N3O4. The molecule has 1 aliphatic heterocycles. The Bertz CT molecular complexity index is 577. The van der Waals surface area contributed by atoms with Crippen molar-refractivity contribution in [3.63, 3.8) is 0 Å². The number of ether oxygens (including phenoxy) is 1. The van der Waals surface area contributed by atoms with E-state index < -0.39 is 11.1 Å². The highest BCUT2D eigenvalue weighted by Crippen LogP contribution is 2.11. The minimum absolute atomic E-state index is 0.0216. The van der Waals surface area contributed by atoms with Crippen LogP contribution in [0.25, 0.3) is 0 Å². The van der Waals surface area contributed by atoms with Crippen molar-refractivity contribution >= 4 is 5.91 Å². The average Bonchev–Trinajstić information content (AvgIpc) is 2.36. The van der Waals surface area contributed by atoms with E-state index in [9.17, 15) is 14.4 Å². The largest absolute Gasteiger partial charge is 0.375 e. The number of morpholine rings is 1. The van der Waals surface area contributed by atoms with Crippen LogP contribution in [0.2, 0.25) is 0 Å². The van der Waals surface area contributed by atoms with E-state index in [1.54, 1.807) is 4.90 Å². The lowest BCUT2D eigenvalue weighted by Gasteiger charge is -2.36. The summed E-state index contributed by atoms with van der Waals surface area (Å²) in [6, 6.07) is 2.26. The fourth-order valence-electron chi connectivity index (χ4n) is 2.06. The molecule has 1 aliphatic rings. The van der Waals surface area contributed by atoms with E-state index in [1.165, 1.54) is 0 Å². The first-order valence-electron chi connectivity index (χ1n) is 6.18. The molecule has 2 atom stereocenters. The van der Waals surface area contributed by atoms with Crippen molar-refractivity contribution in [3.8, 4) is 0 Å². The van der Waals surface area contributed by atoms with Crippen LogP contribution in [-0.2, 0) is 16.1 Å². The highest BCUT2D eigenvalue weighted by Gasteiger charge is 2.27. The summed E-state index contributed by atoms with van der Waals surface area (Å²) in [6.45, 7) is 4.59. The Morgan fingerprint density at radius 1 is 1.42 bits per heavy atom. The van der Waals surface area contributed by atoms with Gasteiger partial charge in [0.2, 0.25) is 5.91 Å². The Hall–Kier alpha value is -1.89. The molecule has 1 fully saturated rings. The van der Waals surface area contributed by atoms with Crippen LogP contribution in [0.1, 0.15) is 13.8 Å². The van der Waals surface area contributed by atoms with Gasteiger partial charge in [0.25, 0.3) is 11.1 Å². The van der Waals surface area contributed by atoms with Crippen LogP contribution in [0.15, 0.2) is 21.7 Å². The van der Waals surface area contributed by atoms with E-state index in [0.29, 0.717) is 13.2 Å². The lowest BCUT2D eigenvalue weighted by atomic mass is 10.2. The van der Waals surface area contributed by atoms with Gasteiger partial charge in [0, 0.05) is 18.7 Å². The van der Waals surface area contributed by atoms with Crippen molar-refractivity contribution < 1.29 is 9.53 Å². The molecule has 0 aromatic carbocycles. The standard InChI is InChI=1S/C12H17N3O4/c1-8-7-19-9(2)5-14(8)12(18)6-15-11(17)4-3-10(16)13-15/h3-4,8-9H,5-7H2,1-2H3,(H,13,16)/t8-,9-/m1/s1. The van der Waals surface area contributed by atoms with Crippen LogP contribution in [-0.4, -0.2) is 45.9 Å². The molecule has 19 heavy (non-hydrogen) atoms. The van der Waals surface area contributed by atoms with Gasteiger partial charge in [-0.15, -0.1) is 0 Å². The van der Waals surface area contributed by atoms with Gasteiger partial charge >= 0.3 is 0 Å². The molecule has 0 bridgehead atoms. The molecule has 7 heteroatoms. The van der Waals surface area contributed by atoms with E-state index in [2.05, 4.69) is 5.10 Å². The molecule has 0 unspecified atom stereocenters. The highest BCUT2D eigenvalue weighted by molar-refractivity contribution is 5.76. The van der Waals surface area contributed by atoms with Gasteiger partial charge in [0.1, 0.15) is 6.54 Å². The van der Waals surface area contributed by atoms with Gasteiger partial charge in [-0.1, -0.05) is 0 Å². The Labute approximate surface area is 109 Å². The Balaban J connectivity index is 2.14. The number of carbonyl (C=O) groups is 1. The molecule has 1 aromatic rings. The third kappa shape index (κ3) is 3.11. The van der Waals surface area contributed by atoms with Crippen molar-refractivity contribution in [3.05, 3.63) is 32.8 Å². The molecule has 0 radical (unpaired) electrons. The van der Waals surface area contributed by atoms with Crippen LogP contribution in [0.5, 0.6) is 0 Å². The minimum Gasteiger partial charge on any atom is -0.375 e. The number of H-pyrrole nitrogens is 1. The SMILES string of the molecule is C[C@@H]1CN(C(=O)Cn2[nH]c(=O)ccc2=O)[C@H](C)CO1. The second kappa shape index (κ2) is 5.40. The number of nitrogens with one attached hydrogen (secondary N) is 1. The van der Waals surface area contributed by atoms with Gasteiger partial charge in [0.05, 0.1) is 18.8 Å². The first-order valence-corrected chi connectivity index (χ1v) is 6.18. The number of rotatable bonds is 2. The summed E-state index contributed by atoms with van der Waals surface area (Å²) in [6.07, 6.45) is -0.0216. The van der Waals surface area contributed by atoms with Crippen molar-refractivity contribution in [1.82, 2.24) is 14.7 Å². The van der Waals surface area contributed by atoms with E-state index in [1.807, 2.05) is 13.8 Å². The predicted octanol–water partition coefficient (Wildman–Crippen LogP) is -0.828. The molecule has 2 heterocycles. The normalized spacial score (nSPS) is 23.4. The maximum Gasteiger partial charge on any atom is 0.265 e. The predicted molar refractivity (Wildman–Crippen MR) is 67.9 cm³/mol. The van der Waals surface area contributed by atoms with Crippen molar-refractivity contribution in [2.75, 3.05) is 13.2 Å². The van der Waals surface area contributed by atoms with Gasteiger partial charge in [-0.25, -0.2) is 4.68 Å². The quantitative estimate of drug-likeness (QED) is 0.758. The fraction of sp³-hybridized carbons (Fsp3) is 0.583. The highest BCUT2D eigenvalue weighted by atomic mass is 16.5. The summed E-state index contributed by atoms with van der Waals surface area (Å²) in [5, 5.41) is 2.34. The number of hydrogen-bond acceptors (Lipinski definition) is 4. The molecule has 0 spiro atoms. The van der Waals surface area contributed by atoms with Gasteiger partial charge in [-0.3, -0.25) is 19.5 Å². The summed E-state index contributed by atoms with van der Waals surface area (Å²) in [5.74, 6) is -0.202. The molecular weight excluding hydrogens is 250 g/mol. The van der Waals surface area contributed by atoms with Crippen molar-refractivity contribution in [1.29, 1.82) is 0 Å². The maximum atomic E-state index is 12.2. The zero-order valence-electron chi connectivity index (χ0n) is 11.0. The zero-order chi connectivity index (χ0) is 14.0. The molecule has 0 aliphatic carbocycles. The first-order chi connectivity index (χ1) is 8.97. The molecule has 0 saturated carbocycles. The van der Waals surface area contributed by atoms with E-state index in [0.717, 1.165) is 16.8 Å². The van der Waals surface area contributed by atoms with Gasteiger partial charge in [-0.05, 0) is 13.8 Å². The van der Waals surface area contributed by atoms with Gasteiger partial charge in [-0.2, -0.15) is 0 Å². The summed E-state index contributed by atoms with van der Waals surface area (Å²) in [4.78, 5) is 36.5. The number of carbonyl (C=O) groups excluding carboxylic acids is 1. The molecule has 1 saturated heterocycles. The molecule has 2 rings (SSSR count). The van der Waals surface area contributed by atoms with Crippen molar-refractivity contribution in [2.45, 2.75) is 32.5 Å². The number of nitrogens with zero attached hydrogens (tertiary/aromatic N) is 2. The summed E-state index contributed by atoms with van der Waals surface area (Å²) in [5.41, 5.74) is -0.808. The van der Waals surface area contributed by atoms with Crippen LogP contribution in [0, 0.1) is 0 Å². The molecule has 1 amide bonds. The van der Waals surface area contributed by atoms with E-state index in [4.69, 9.17) is 4.74 Å². The molecule has 1 aromatic heterocycles. The van der Waals surface area contributed by atoms with Crippen LogP contribution >= 0.6 is 0 Å². The van der Waals surface area contributed by atoms with E-state index in [-0.39, 0.29) is 24.6 Å². The lowest BCUT2D eigenvalue weighted by Crippen LogP contribution is -2.52. The monoisotopic (exact) mass is 267 g/mol. The Kier molecular flexibility index (Phi) is 3.84. The smallest absolute Gasteiger partial charge is 0.265 e. The number of amides is 1. The third-order valence-corrected chi connectivity index (χ3v) is 3.11. The average molecular weight is 267 g/mol. The van der Waals surface area contributed by atoms with Crippen LogP contribution in [0.3, 0.4) is 0 Å². The molecule has 7 nitrogen and oxygen atoms in total. The van der Waals surface area contributed by atoms with Gasteiger partial charge in [0.15, 0.2) is 0 Å². The summed E-state index contributed by atoms with van der Waals surface area (Å²) in [7, 11) is 0. The zero-order valence-corrected chi connectivity index (χ0v) is 11.0. The first kappa shape index (κ1) is 13.5. The second-order valence-electron chi connectivity index (χ2n) is 4.77. The van der Waals surface area contributed by atoms with Crippen LogP contribution < -0.4 is 11.1 Å². The minimum atomic E-state index is -0.407. The fourth-order valence-corrected chi connectivity index (χ4v) is 2.06. The number of aromatic nitrogens is 2. The lowest BCUT2D eigenvalue weighted by molar-refractivity contribution is -0.144.